The Morgan fingerprint density at radius 3 is 2.72 bits per heavy atom. The molecule has 0 amide bonds. The first-order valence-corrected chi connectivity index (χ1v) is 10.4. The Balaban J connectivity index is 1.71. The standard InChI is InChI=1S/C20H20N2OS2/c1-12(18(23)14-8-4-3-5-9-14)24-19-17-15-10-6-7-11-16(15)25-20(17)22-13(2)21-19/h3-5,8-9,12H,6-7,10-11H2,1-2H3/t12-/m1/s1. The first-order chi connectivity index (χ1) is 12.1. The van der Waals surface area contributed by atoms with Crippen molar-refractivity contribution in [1.29, 1.82) is 0 Å². The number of carbonyl (C=O) groups excluding carboxylic acids is 1. The lowest BCUT2D eigenvalue weighted by Crippen LogP contribution is -2.14. The monoisotopic (exact) mass is 368 g/mol. The van der Waals surface area contributed by atoms with Crippen LogP contribution in [0.5, 0.6) is 0 Å². The first-order valence-electron chi connectivity index (χ1n) is 8.68. The van der Waals surface area contributed by atoms with Crippen molar-refractivity contribution < 1.29 is 4.79 Å². The summed E-state index contributed by atoms with van der Waals surface area (Å²) < 4.78 is 0. The van der Waals surface area contributed by atoms with Crippen LogP contribution in [0.3, 0.4) is 0 Å². The molecule has 0 radical (unpaired) electrons. The van der Waals surface area contributed by atoms with Crippen molar-refractivity contribution in [2.24, 2.45) is 0 Å². The van der Waals surface area contributed by atoms with Gasteiger partial charge in [-0.1, -0.05) is 42.1 Å². The van der Waals surface area contributed by atoms with Crippen molar-refractivity contribution in [3.8, 4) is 0 Å². The number of thiophene rings is 1. The number of fused-ring (bicyclic) bond motifs is 3. The van der Waals surface area contributed by atoms with Crippen LogP contribution >= 0.6 is 23.1 Å². The highest BCUT2D eigenvalue weighted by Crippen LogP contribution is 2.40. The van der Waals surface area contributed by atoms with Gasteiger partial charge in [-0.3, -0.25) is 4.79 Å². The minimum atomic E-state index is -0.168. The average Bonchev–Trinajstić information content (AvgIpc) is 2.99. The minimum absolute atomic E-state index is 0.152. The van der Waals surface area contributed by atoms with Crippen molar-refractivity contribution in [2.75, 3.05) is 0 Å². The second-order valence-electron chi connectivity index (χ2n) is 6.46. The SMILES string of the molecule is Cc1nc(S[C@H](C)C(=O)c2ccccc2)c2c3c(sc2n1)CCCC3. The summed E-state index contributed by atoms with van der Waals surface area (Å²) in [5.41, 5.74) is 2.19. The lowest BCUT2D eigenvalue weighted by Gasteiger charge is -2.14. The molecule has 0 aliphatic heterocycles. The van der Waals surface area contributed by atoms with E-state index in [9.17, 15) is 4.79 Å². The van der Waals surface area contributed by atoms with Gasteiger partial charge >= 0.3 is 0 Å². The van der Waals surface area contributed by atoms with Crippen LogP contribution in [0.25, 0.3) is 10.2 Å². The smallest absolute Gasteiger partial charge is 0.175 e. The molecule has 3 aromatic rings. The Morgan fingerprint density at radius 2 is 1.92 bits per heavy atom. The lowest BCUT2D eigenvalue weighted by molar-refractivity contribution is 0.0994. The number of ketones is 1. The molecule has 2 aromatic heterocycles. The summed E-state index contributed by atoms with van der Waals surface area (Å²) in [4.78, 5) is 24.6. The molecule has 0 spiro atoms. The molecule has 4 rings (SSSR count). The summed E-state index contributed by atoms with van der Waals surface area (Å²) in [5, 5.41) is 2.00. The second-order valence-corrected chi connectivity index (χ2v) is 8.87. The largest absolute Gasteiger partial charge is 0.293 e. The topological polar surface area (TPSA) is 42.9 Å². The molecule has 3 nitrogen and oxygen atoms in total. The molecule has 0 N–H and O–H groups in total. The van der Waals surface area contributed by atoms with E-state index in [1.807, 2.05) is 55.5 Å². The van der Waals surface area contributed by atoms with Gasteiger partial charge in [0.2, 0.25) is 0 Å². The second kappa shape index (κ2) is 6.89. The summed E-state index contributed by atoms with van der Waals surface area (Å²) >= 11 is 3.38. The highest BCUT2D eigenvalue weighted by atomic mass is 32.2. The predicted octanol–water partition coefficient (Wildman–Crippen LogP) is 5.24. The van der Waals surface area contributed by atoms with E-state index in [1.54, 1.807) is 11.8 Å². The molecule has 1 aliphatic rings. The third kappa shape index (κ3) is 3.23. The van der Waals surface area contributed by atoms with Crippen LogP contribution in [-0.4, -0.2) is 21.0 Å². The van der Waals surface area contributed by atoms with E-state index in [0.29, 0.717) is 0 Å². The van der Waals surface area contributed by atoms with Gasteiger partial charge < -0.3 is 0 Å². The van der Waals surface area contributed by atoms with Crippen LogP contribution in [0.15, 0.2) is 35.4 Å². The number of Topliss-reactive ketones (excluding diaryl/α,β-unsaturated/α-hetero) is 1. The van der Waals surface area contributed by atoms with Gasteiger partial charge in [-0.25, -0.2) is 9.97 Å². The normalized spacial score (nSPS) is 15.1. The Morgan fingerprint density at radius 1 is 1.16 bits per heavy atom. The molecular weight excluding hydrogens is 348 g/mol. The van der Waals surface area contributed by atoms with Crippen molar-refractivity contribution >= 4 is 39.1 Å². The van der Waals surface area contributed by atoms with E-state index in [2.05, 4.69) is 4.98 Å². The van der Waals surface area contributed by atoms with Crippen LogP contribution in [-0.2, 0) is 12.8 Å². The van der Waals surface area contributed by atoms with Gasteiger partial charge in [0.15, 0.2) is 5.78 Å². The fraction of sp³-hybridized carbons (Fsp3) is 0.350. The third-order valence-electron chi connectivity index (χ3n) is 4.61. The summed E-state index contributed by atoms with van der Waals surface area (Å²) in [5.74, 6) is 0.937. The predicted molar refractivity (Wildman–Crippen MR) is 105 cm³/mol. The van der Waals surface area contributed by atoms with E-state index in [4.69, 9.17) is 4.98 Å². The van der Waals surface area contributed by atoms with E-state index < -0.39 is 0 Å². The molecule has 1 aliphatic carbocycles. The maximum atomic E-state index is 12.7. The number of rotatable bonds is 4. The van der Waals surface area contributed by atoms with E-state index in [-0.39, 0.29) is 11.0 Å². The number of hydrogen-bond acceptors (Lipinski definition) is 5. The first kappa shape index (κ1) is 16.7. The summed E-state index contributed by atoms with van der Waals surface area (Å²) in [6.45, 7) is 3.91. The van der Waals surface area contributed by atoms with Gasteiger partial charge in [-0.05, 0) is 45.1 Å². The van der Waals surface area contributed by atoms with Gasteiger partial charge in [0.05, 0.1) is 5.25 Å². The Kier molecular flexibility index (Phi) is 4.61. The Labute approximate surface area is 155 Å². The number of aryl methyl sites for hydroxylation is 3. The van der Waals surface area contributed by atoms with E-state index in [0.717, 1.165) is 34.1 Å². The maximum absolute atomic E-state index is 12.7. The average molecular weight is 369 g/mol. The highest BCUT2D eigenvalue weighted by molar-refractivity contribution is 8.00. The van der Waals surface area contributed by atoms with Crippen LogP contribution in [0, 0.1) is 6.92 Å². The number of carbonyl (C=O) groups is 1. The molecule has 5 heteroatoms. The number of aromatic nitrogens is 2. The molecule has 1 atom stereocenters. The molecule has 0 saturated carbocycles. The van der Waals surface area contributed by atoms with Crippen LogP contribution in [0.4, 0.5) is 0 Å². The van der Waals surface area contributed by atoms with E-state index in [1.165, 1.54) is 28.7 Å². The van der Waals surface area contributed by atoms with Gasteiger partial charge in [0.25, 0.3) is 0 Å². The molecule has 0 saturated heterocycles. The molecule has 1 aromatic carbocycles. The quantitative estimate of drug-likeness (QED) is 0.359. The molecule has 25 heavy (non-hydrogen) atoms. The number of benzene rings is 1. The molecule has 128 valence electrons. The van der Waals surface area contributed by atoms with Crippen LogP contribution in [0.1, 0.15) is 46.4 Å². The summed E-state index contributed by atoms with van der Waals surface area (Å²) in [7, 11) is 0. The van der Waals surface area contributed by atoms with Crippen LogP contribution < -0.4 is 0 Å². The van der Waals surface area contributed by atoms with Gasteiger partial charge in [-0.15, -0.1) is 11.3 Å². The highest BCUT2D eigenvalue weighted by Gasteiger charge is 2.24. The summed E-state index contributed by atoms with van der Waals surface area (Å²) in [6, 6.07) is 9.52. The molecule has 0 fully saturated rings. The summed E-state index contributed by atoms with van der Waals surface area (Å²) in [6.07, 6.45) is 4.75. The van der Waals surface area contributed by atoms with Gasteiger partial charge in [-0.2, -0.15) is 0 Å². The molecule has 0 bridgehead atoms. The third-order valence-corrected chi connectivity index (χ3v) is 6.88. The Hall–Kier alpha value is -1.72. The number of hydrogen-bond donors (Lipinski definition) is 0. The molecule has 2 heterocycles. The zero-order chi connectivity index (χ0) is 17.4. The molecule has 0 unspecified atom stereocenters. The Bertz CT molecular complexity index is 934. The van der Waals surface area contributed by atoms with E-state index >= 15 is 0 Å². The fourth-order valence-corrected chi connectivity index (χ4v) is 5.84. The van der Waals surface area contributed by atoms with Crippen molar-refractivity contribution in [1.82, 2.24) is 9.97 Å². The molecular formula is C20H20N2OS2. The maximum Gasteiger partial charge on any atom is 0.175 e. The van der Waals surface area contributed by atoms with Gasteiger partial charge in [0, 0.05) is 15.8 Å². The van der Waals surface area contributed by atoms with Crippen molar-refractivity contribution in [3.05, 3.63) is 52.2 Å². The zero-order valence-electron chi connectivity index (χ0n) is 14.4. The van der Waals surface area contributed by atoms with Crippen LogP contribution in [0.2, 0.25) is 0 Å². The van der Waals surface area contributed by atoms with Crippen molar-refractivity contribution in [2.45, 2.75) is 49.8 Å². The number of nitrogens with zero attached hydrogens (tertiary/aromatic N) is 2. The fourth-order valence-electron chi connectivity index (χ4n) is 3.37. The lowest BCUT2D eigenvalue weighted by atomic mass is 9.97. The van der Waals surface area contributed by atoms with Crippen molar-refractivity contribution in [3.63, 3.8) is 0 Å². The van der Waals surface area contributed by atoms with Gasteiger partial charge in [0.1, 0.15) is 15.7 Å². The number of thioether (sulfide) groups is 1. The minimum Gasteiger partial charge on any atom is -0.293 e. The zero-order valence-corrected chi connectivity index (χ0v) is 16.0.